The van der Waals surface area contributed by atoms with E-state index in [1.54, 1.807) is 0 Å². The zero-order chi connectivity index (χ0) is 14.3. The Bertz CT molecular complexity index is 384. The molecule has 0 fully saturated rings. The normalized spacial score (nSPS) is 10.6. The van der Waals surface area contributed by atoms with Crippen LogP contribution in [0.2, 0.25) is 0 Å². The first kappa shape index (κ1) is 15.5. The van der Waals surface area contributed by atoms with Gasteiger partial charge in [-0.3, -0.25) is 4.79 Å². The van der Waals surface area contributed by atoms with Crippen LogP contribution in [0, 0.1) is 5.92 Å². The molecule has 0 aromatic heterocycles. The average molecular weight is 263 g/mol. The molecule has 1 aromatic rings. The van der Waals surface area contributed by atoms with Crippen molar-refractivity contribution in [1.29, 1.82) is 0 Å². The SMILES string of the molecule is CCOc1ccc(CC(=O)N(C)CCC(C)C)cc1. The van der Waals surface area contributed by atoms with Gasteiger partial charge < -0.3 is 9.64 Å². The molecule has 1 rings (SSSR count). The van der Waals surface area contributed by atoms with Crippen molar-refractivity contribution < 1.29 is 9.53 Å². The molecule has 0 aliphatic rings. The zero-order valence-electron chi connectivity index (χ0n) is 12.5. The molecule has 0 aliphatic carbocycles. The lowest BCUT2D eigenvalue weighted by molar-refractivity contribution is -0.129. The Morgan fingerprint density at radius 3 is 2.42 bits per heavy atom. The molecule has 106 valence electrons. The molecule has 0 saturated carbocycles. The molecule has 0 saturated heterocycles. The fraction of sp³-hybridized carbons (Fsp3) is 0.562. The van der Waals surface area contributed by atoms with E-state index in [2.05, 4.69) is 13.8 Å². The summed E-state index contributed by atoms with van der Waals surface area (Å²) in [4.78, 5) is 13.8. The number of carbonyl (C=O) groups is 1. The van der Waals surface area contributed by atoms with Crippen molar-refractivity contribution in [2.75, 3.05) is 20.2 Å². The smallest absolute Gasteiger partial charge is 0.226 e. The predicted molar refractivity (Wildman–Crippen MR) is 78.4 cm³/mol. The van der Waals surface area contributed by atoms with E-state index < -0.39 is 0 Å². The molecule has 3 heteroatoms. The van der Waals surface area contributed by atoms with Gasteiger partial charge in [0, 0.05) is 13.6 Å². The van der Waals surface area contributed by atoms with Gasteiger partial charge in [0.2, 0.25) is 5.91 Å². The van der Waals surface area contributed by atoms with Crippen molar-refractivity contribution in [3.05, 3.63) is 29.8 Å². The lowest BCUT2D eigenvalue weighted by Crippen LogP contribution is -2.29. The van der Waals surface area contributed by atoms with Crippen LogP contribution in [0.5, 0.6) is 5.75 Å². The molecule has 0 unspecified atom stereocenters. The summed E-state index contributed by atoms with van der Waals surface area (Å²) < 4.78 is 5.38. The van der Waals surface area contributed by atoms with E-state index in [4.69, 9.17) is 4.74 Å². The summed E-state index contributed by atoms with van der Waals surface area (Å²) in [5.41, 5.74) is 1.03. The van der Waals surface area contributed by atoms with E-state index in [0.717, 1.165) is 24.3 Å². The molecule has 0 aliphatic heterocycles. The monoisotopic (exact) mass is 263 g/mol. The highest BCUT2D eigenvalue weighted by molar-refractivity contribution is 5.78. The molecule has 0 radical (unpaired) electrons. The van der Waals surface area contributed by atoms with E-state index >= 15 is 0 Å². The number of benzene rings is 1. The van der Waals surface area contributed by atoms with Gasteiger partial charge in [-0.25, -0.2) is 0 Å². The first-order valence-electron chi connectivity index (χ1n) is 6.98. The van der Waals surface area contributed by atoms with Crippen LogP contribution < -0.4 is 4.74 Å². The molecule has 1 aromatic carbocycles. The minimum absolute atomic E-state index is 0.171. The fourth-order valence-electron chi connectivity index (χ4n) is 1.76. The summed E-state index contributed by atoms with van der Waals surface area (Å²) in [5, 5.41) is 0. The summed E-state index contributed by atoms with van der Waals surface area (Å²) in [6.45, 7) is 7.79. The van der Waals surface area contributed by atoms with Crippen molar-refractivity contribution in [1.82, 2.24) is 4.90 Å². The maximum Gasteiger partial charge on any atom is 0.226 e. The zero-order valence-corrected chi connectivity index (χ0v) is 12.5. The number of rotatable bonds is 7. The van der Waals surface area contributed by atoms with Crippen LogP contribution in [0.1, 0.15) is 32.8 Å². The van der Waals surface area contributed by atoms with Crippen LogP contribution in [-0.4, -0.2) is 31.0 Å². The van der Waals surface area contributed by atoms with Crippen molar-refractivity contribution in [3.63, 3.8) is 0 Å². The number of hydrogen-bond acceptors (Lipinski definition) is 2. The molecule has 0 N–H and O–H groups in total. The Morgan fingerprint density at radius 2 is 1.89 bits per heavy atom. The van der Waals surface area contributed by atoms with E-state index in [9.17, 15) is 4.79 Å². The number of ether oxygens (including phenoxy) is 1. The number of hydrogen-bond donors (Lipinski definition) is 0. The molecule has 1 amide bonds. The second-order valence-corrected chi connectivity index (χ2v) is 5.25. The van der Waals surface area contributed by atoms with Crippen molar-refractivity contribution in [3.8, 4) is 5.75 Å². The van der Waals surface area contributed by atoms with Crippen LogP contribution >= 0.6 is 0 Å². The maximum absolute atomic E-state index is 12.0. The van der Waals surface area contributed by atoms with Crippen LogP contribution in [0.4, 0.5) is 0 Å². The largest absolute Gasteiger partial charge is 0.494 e. The molecule has 0 spiro atoms. The standard InChI is InChI=1S/C16H25NO2/c1-5-19-15-8-6-14(7-9-15)12-16(18)17(4)11-10-13(2)3/h6-9,13H,5,10-12H2,1-4H3. The number of likely N-dealkylation sites (N-methyl/N-ethyl adjacent to an activating group) is 1. The van der Waals surface area contributed by atoms with Gasteiger partial charge in [0.15, 0.2) is 0 Å². The second kappa shape index (κ2) is 7.82. The molecule has 3 nitrogen and oxygen atoms in total. The highest BCUT2D eigenvalue weighted by Gasteiger charge is 2.10. The fourth-order valence-corrected chi connectivity index (χ4v) is 1.76. The van der Waals surface area contributed by atoms with Gasteiger partial charge in [0.1, 0.15) is 5.75 Å². The summed E-state index contributed by atoms with van der Waals surface area (Å²) in [6.07, 6.45) is 1.51. The number of nitrogens with zero attached hydrogens (tertiary/aromatic N) is 1. The Hall–Kier alpha value is -1.51. The van der Waals surface area contributed by atoms with Crippen molar-refractivity contribution in [2.45, 2.75) is 33.6 Å². The molecule has 19 heavy (non-hydrogen) atoms. The molecular formula is C16H25NO2. The quantitative estimate of drug-likeness (QED) is 0.756. The lowest BCUT2D eigenvalue weighted by atomic mass is 10.1. The highest BCUT2D eigenvalue weighted by Crippen LogP contribution is 2.13. The van der Waals surface area contributed by atoms with Gasteiger partial charge in [-0.15, -0.1) is 0 Å². The molecule has 0 bridgehead atoms. The van der Waals surface area contributed by atoms with E-state index in [0.29, 0.717) is 18.9 Å². The first-order valence-corrected chi connectivity index (χ1v) is 6.98. The summed E-state index contributed by atoms with van der Waals surface area (Å²) in [6, 6.07) is 7.75. The summed E-state index contributed by atoms with van der Waals surface area (Å²) >= 11 is 0. The Morgan fingerprint density at radius 1 is 1.26 bits per heavy atom. The second-order valence-electron chi connectivity index (χ2n) is 5.25. The van der Waals surface area contributed by atoms with Crippen molar-refractivity contribution in [2.24, 2.45) is 5.92 Å². The van der Waals surface area contributed by atoms with Gasteiger partial charge in [-0.05, 0) is 37.0 Å². The van der Waals surface area contributed by atoms with Gasteiger partial charge >= 0.3 is 0 Å². The van der Waals surface area contributed by atoms with Gasteiger partial charge in [-0.1, -0.05) is 26.0 Å². The van der Waals surface area contributed by atoms with E-state index in [1.165, 1.54) is 0 Å². The molecule has 0 heterocycles. The third kappa shape index (κ3) is 5.77. The third-order valence-electron chi connectivity index (χ3n) is 3.06. The van der Waals surface area contributed by atoms with E-state index in [-0.39, 0.29) is 5.91 Å². The minimum atomic E-state index is 0.171. The van der Waals surface area contributed by atoms with Crippen molar-refractivity contribution >= 4 is 5.91 Å². The Balaban J connectivity index is 2.47. The Labute approximate surface area is 116 Å². The van der Waals surface area contributed by atoms with Crippen LogP contribution in [0.25, 0.3) is 0 Å². The number of amides is 1. The molecular weight excluding hydrogens is 238 g/mol. The first-order chi connectivity index (χ1) is 9.02. The molecule has 0 atom stereocenters. The lowest BCUT2D eigenvalue weighted by Gasteiger charge is -2.18. The van der Waals surface area contributed by atoms with Gasteiger partial charge in [0.25, 0.3) is 0 Å². The number of carbonyl (C=O) groups excluding carboxylic acids is 1. The van der Waals surface area contributed by atoms with Crippen LogP contribution in [0.15, 0.2) is 24.3 Å². The van der Waals surface area contributed by atoms with Crippen LogP contribution in [-0.2, 0) is 11.2 Å². The summed E-state index contributed by atoms with van der Waals surface area (Å²) in [7, 11) is 1.87. The predicted octanol–water partition coefficient (Wildman–Crippen LogP) is 3.13. The van der Waals surface area contributed by atoms with Gasteiger partial charge in [-0.2, -0.15) is 0 Å². The maximum atomic E-state index is 12.0. The highest BCUT2D eigenvalue weighted by atomic mass is 16.5. The topological polar surface area (TPSA) is 29.5 Å². The Kier molecular flexibility index (Phi) is 6.40. The third-order valence-corrected chi connectivity index (χ3v) is 3.06. The minimum Gasteiger partial charge on any atom is -0.494 e. The van der Waals surface area contributed by atoms with E-state index in [1.807, 2.05) is 43.1 Å². The average Bonchev–Trinajstić information content (AvgIpc) is 2.38. The summed E-state index contributed by atoms with van der Waals surface area (Å²) in [5.74, 6) is 1.65. The van der Waals surface area contributed by atoms with Crippen LogP contribution in [0.3, 0.4) is 0 Å². The van der Waals surface area contributed by atoms with Gasteiger partial charge in [0.05, 0.1) is 13.0 Å².